The average Bonchev–Trinajstić information content (AvgIpc) is 2.96. The van der Waals surface area contributed by atoms with Crippen LogP contribution in [0.2, 0.25) is 0 Å². The fourth-order valence-electron chi connectivity index (χ4n) is 2.25. The first-order chi connectivity index (χ1) is 11.9. The van der Waals surface area contributed by atoms with E-state index in [9.17, 15) is 4.79 Å². The Morgan fingerprint density at radius 3 is 2.64 bits per heavy atom. The van der Waals surface area contributed by atoms with Crippen LogP contribution in [0.3, 0.4) is 0 Å². The molecular formula is C19H26N4O2. The van der Waals surface area contributed by atoms with Crippen LogP contribution >= 0.6 is 0 Å². The van der Waals surface area contributed by atoms with Gasteiger partial charge in [-0.05, 0) is 19.1 Å². The van der Waals surface area contributed by atoms with Gasteiger partial charge in [-0.1, -0.05) is 30.4 Å². The normalized spacial score (nSPS) is 11.4. The standard InChI is InChI=1S/C19H26N4O2/c1-14(2)11-20-19(21-12-18(24)22(3)4)23(5)13-16-10-15-8-6-7-9-17(15)25-16/h6-10H,1,11-13H2,2-5H3,(H,20,21). The molecule has 0 radical (unpaired) electrons. The first-order valence-corrected chi connectivity index (χ1v) is 8.18. The van der Waals surface area contributed by atoms with Crippen LogP contribution in [-0.4, -0.2) is 55.9 Å². The molecule has 6 heteroatoms. The van der Waals surface area contributed by atoms with E-state index in [1.54, 1.807) is 14.1 Å². The predicted molar refractivity (Wildman–Crippen MR) is 101 cm³/mol. The third-order valence-electron chi connectivity index (χ3n) is 3.64. The second-order valence-electron chi connectivity index (χ2n) is 6.35. The molecule has 2 rings (SSSR count). The minimum absolute atomic E-state index is 0.0493. The molecule has 0 aliphatic rings. The molecule has 1 aromatic heterocycles. The number of rotatable bonds is 6. The van der Waals surface area contributed by atoms with Crippen molar-refractivity contribution in [1.82, 2.24) is 15.1 Å². The van der Waals surface area contributed by atoms with Crippen LogP contribution < -0.4 is 5.32 Å². The maximum Gasteiger partial charge on any atom is 0.243 e. The Hall–Kier alpha value is -2.76. The fourth-order valence-corrected chi connectivity index (χ4v) is 2.25. The van der Waals surface area contributed by atoms with Crippen LogP contribution in [0.15, 0.2) is 51.9 Å². The number of carbonyl (C=O) groups excluding carboxylic acids is 1. The Morgan fingerprint density at radius 2 is 2.00 bits per heavy atom. The molecule has 1 amide bonds. The number of hydrogen-bond acceptors (Lipinski definition) is 3. The second kappa shape index (κ2) is 8.37. The van der Waals surface area contributed by atoms with Gasteiger partial charge in [0.05, 0.1) is 6.54 Å². The number of para-hydroxylation sites is 1. The van der Waals surface area contributed by atoms with Gasteiger partial charge in [0.2, 0.25) is 5.91 Å². The van der Waals surface area contributed by atoms with E-state index in [4.69, 9.17) is 4.42 Å². The highest BCUT2D eigenvalue weighted by atomic mass is 16.3. The largest absolute Gasteiger partial charge is 0.459 e. The van der Waals surface area contributed by atoms with Crippen molar-refractivity contribution >= 4 is 22.8 Å². The summed E-state index contributed by atoms with van der Waals surface area (Å²) in [6.45, 7) is 7.07. The van der Waals surface area contributed by atoms with E-state index < -0.39 is 0 Å². The van der Waals surface area contributed by atoms with E-state index in [1.165, 1.54) is 4.90 Å². The Balaban J connectivity index is 2.12. The zero-order chi connectivity index (χ0) is 18.4. The van der Waals surface area contributed by atoms with Crippen LogP contribution in [0.4, 0.5) is 0 Å². The molecule has 6 nitrogen and oxygen atoms in total. The van der Waals surface area contributed by atoms with E-state index in [1.807, 2.05) is 49.2 Å². The van der Waals surface area contributed by atoms with E-state index in [0.717, 1.165) is 22.3 Å². The van der Waals surface area contributed by atoms with Gasteiger partial charge >= 0.3 is 0 Å². The Kier molecular flexibility index (Phi) is 6.22. The summed E-state index contributed by atoms with van der Waals surface area (Å²) in [7, 11) is 5.35. The molecule has 0 saturated heterocycles. The number of nitrogens with zero attached hydrogens (tertiary/aromatic N) is 3. The molecule has 0 aliphatic heterocycles. The topological polar surface area (TPSA) is 61.1 Å². The van der Waals surface area contributed by atoms with Crippen molar-refractivity contribution in [2.24, 2.45) is 4.99 Å². The van der Waals surface area contributed by atoms with E-state index in [2.05, 4.69) is 16.9 Å². The van der Waals surface area contributed by atoms with Gasteiger partial charge < -0.3 is 19.5 Å². The average molecular weight is 342 g/mol. The summed E-state index contributed by atoms with van der Waals surface area (Å²) in [5.74, 6) is 1.43. The van der Waals surface area contributed by atoms with Crippen molar-refractivity contribution in [2.45, 2.75) is 13.5 Å². The predicted octanol–water partition coefficient (Wildman–Crippen LogP) is 2.47. The summed E-state index contributed by atoms with van der Waals surface area (Å²) < 4.78 is 5.86. The first kappa shape index (κ1) is 18.6. The van der Waals surface area contributed by atoms with E-state index in [0.29, 0.717) is 19.0 Å². The van der Waals surface area contributed by atoms with Gasteiger partial charge in [0.25, 0.3) is 0 Å². The molecule has 0 aliphatic carbocycles. The third-order valence-corrected chi connectivity index (χ3v) is 3.64. The number of amides is 1. The molecule has 25 heavy (non-hydrogen) atoms. The maximum atomic E-state index is 11.8. The van der Waals surface area contributed by atoms with Crippen LogP contribution in [0.5, 0.6) is 0 Å². The number of furan rings is 1. The van der Waals surface area contributed by atoms with Crippen LogP contribution in [-0.2, 0) is 11.3 Å². The zero-order valence-electron chi connectivity index (χ0n) is 15.4. The second-order valence-corrected chi connectivity index (χ2v) is 6.35. The number of guanidine groups is 1. The maximum absolute atomic E-state index is 11.8. The third kappa shape index (κ3) is 5.38. The van der Waals surface area contributed by atoms with E-state index >= 15 is 0 Å². The number of hydrogen-bond donors (Lipinski definition) is 1. The lowest BCUT2D eigenvalue weighted by atomic mass is 10.2. The zero-order valence-corrected chi connectivity index (χ0v) is 15.4. The molecular weight excluding hydrogens is 316 g/mol. The first-order valence-electron chi connectivity index (χ1n) is 8.18. The summed E-state index contributed by atoms with van der Waals surface area (Å²) >= 11 is 0. The van der Waals surface area contributed by atoms with Gasteiger partial charge in [-0.25, -0.2) is 4.99 Å². The molecule has 1 aromatic carbocycles. The van der Waals surface area contributed by atoms with Crippen molar-refractivity contribution < 1.29 is 9.21 Å². The highest BCUT2D eigenvalue weighted by Gasteiger charge is 2.12. The van der Waals surface area contributed by atoms with E-state index in [-0.39, 0.29) is 12.5 Å². The number of fused-ring (bicyclic) bond motifs is 1. The SMILES string of the molecule is C=C(C)CNC(=NCC(=O)N(C)C)N(C)Cc1cc2ccccc2o1. The number of carbonyl (C=O) groups is 1. The van der Waals surface area contributed by atoms with Crippen molar-refractivity contribution in [2.75, 3.05) is 34.2 Å². The highest BCUT2D eigenvalue weighted by molar-refractivity contribution is 5.85. The van der Waals surface area contributed by atoms with Crippen LogP contribution in [0.1, 0.15) is 12.7 Å². The molecule has 2 aromatic rings. The monoisotopic (exact) mass is 342 g/mol. The Morgan fingerprint density at radius 1 is 1.28 bits per heavy atom. The quantitative estimate of drug-likeness (QED) is 0.498. The lowest BCUT2D eigenvalue weighted by molar-refractivity contribution is -0.127. The Labute approximate surface area is 148 Å². The smallest absolute Gasteiger partial charge is 0.243 e. The molecule has 1 N–H and O–H groups in total. The van der Waals surface area contributed by atoms with Crippen molar-refractivity contribution in [3.05, 3.63) is 48.2 Å². The van der Waals surface area contributed by atoms with Gasteiger partial charge in [0.15, 0.2) is 5.96 Å². The van der Waals surface area contributed by atoms with Crippen LogP contribution in [0, 0.1) is 0 Å². The van der Waals surface area contributed by atoms with Crippen molar-refractivity contribution in [3.8, 4) is 0 Å². The number of nitrogens with one attached hydrogen (secondary N) is 1. The summed E-state index contributed by atoms with van der Waals surface area (Å²) in [5.41, 5.74) is 1.85. The van der Waals surface area contributed by atoms with Gasteiger partial charge in [-0.3, -0.25) is 4.79 Å². The molecule has 0 unspecified atom stereocenters. The van der Waals surface area contributed by atoms with Crippen LogP contribution in [0.25, 0.3) is 11.0 Å². The molecule has 0 fully saturated rings. The summed E-state index contributed by atoms with van der Waals surface area (Å²) in [6, 6.07) is 9.93. The molecule has 0 atom stereocenters. The fraction of sp³-hybridized carbons (Fsp3) is 0.368. The molecule has 1 heterocycles. The lowest BCUT2D eigenvalue weighted by Gasteiger charge is -2.22. The van der Waals surface area contributed by atoms with Gasteiger partial charge in [-0.15, -0.1) is 0 Å². The summed E-state index contributed by atoms with van der Waals surface area (Å²) in [4.78, 5) is 19.7. The summed E-state index contributed by atoms with van der Waals surface area (Å²) in [5, 5.41) is 4.30. The lowest BCUT2D eigenvalue weighted by Crippen LogP contribution is -2.40. The molecule has 0 saturated carbocycles. The number of likely N-dealkylation sites (N-methyl/N-ethyl adjacent to an activating group) is 1. The highest BCUT2D eigenvalue weighted by Crippen LogP contribution is 2.19. The Bertz CT molecular complexity index is 744. The van der Waals surface area contributed by atoms with Gasteiger partial charge in [-0.2, -0.15) is 0 Å². The van der Waals surface area contributed by atoms with Crippen molar-refractivity contribution in [1.29, 1.82) is 0 Å². The minimum Gasteiger partial charge on any atom is -0.459 e. The van der Waals surface area contributed by atoms with Gasteiger partial charge in [0.1, 0.15) is 17.9 Å². The molecule has 134 valence electrons. The molecule has 0 bridgehead atoms. The molecule has 0 spiro atoms. The van der Waals surface area contributed by atoms with Crippen molar-refractivity contribution in [3.63, 3.8) is 0 Å². The summed E-state index contributed by atoms with van der Waals surface area (Å²) in [6.07, 6.45) is 0. The van der Waals surface area contributed by atoms with Gasteiger partial charge in [0, 0.05) is 33.1 Å². The minimum atomic E-state index is -0.0493. The number of aliphatic imine (C=N–C) groups is 1. The number of benzene rings is 1.